The van der Waals surface area contributed by atoms with Crippen LogP contribution in [0.2, 0.25) is 0 Å². The largest absolute Gasteiger partial charge is 0.309 e. The average Bonchev–Trinajstić information content (AvgIpc) is 3.49. The van der Waals surface area contributed by atoms with Gasteiger partial charge < -0.3 is 4.57 Å². The lowest BCUT2D eigenvalue weighted by Gasteiger charge is -2.35. The van der Waals surface area contributed by atoms with Gasteiger partial charge in [0.15, 0.2) is 0 Å². The maximum atomic E-state index is 2.47. The summed E-state index contributed by atoms with van der Waals surface area (Å²) in [7, 11) is 0. The molecule has 0 radical (unpaired) electrons. The molecule has 0 fully saturated rings. The van der Waals surface area contributed by atoms with E-state index in [2.05, 4.69) is 116 Å². The first-order valence-electron chi connectivity index (χ1n) is 10.8. The highest BCUT2D eigenvalue weighted by Crippen LogP contribution is 2.59. The molecule has 6 rings (SSSR count). The Morgan fingerprint density at radius 2 is 1.57 bits per heavy atom. The van der Waals surface area contributed by atoms with Gasteiger partial charge in [0.05, 0.1) is 11.2 Å². The number of hydrogen-bond donors (Lipinski definition) is 0. The first-order valence-corrected chi connectivity index (χ1v) is 10.8. The molecule has 1 aromatic heterocycles. The standard InChI is InChI=1S/C29H25N/c1-29(2,20-12-6-7-13-20)27-22-16-8-9-17-23(22)28-26(27)24-18-10-11-19-25(24)30(28)21-14-4-3-5-15-21/h3-12,14-19,27H,13H2,1-2H3. The van der Waals surface area contributed by atoms with Gasteiger partial charge in [-0.2, -0.15) is 0 Å². The number of aromatic nitrogens is 1. The topological polar surface area (TPSA) is 4.93 Å². The third kappa shape index (κ3) is 2.29. The summed E-state index contributed by atoms with van der Waals surface area (Å²) in [5, 5.41) is 1.37. The minimum absolute atomic E-state index is 0.0382. The number of rotatable bonds is 3. The van der Waals surface area contributed by atoms with Crippen LogP contribution in [-0.2, 0) is 0 Å². The minimum atomic E-state index is 0.0382. The van der Waals surface area contributed by atoms with E-state index in [1.54, 1.807) is 0 Å². The molecule has 1 atom stereocenters. The Hall–Kier alpha value is -3.32. The summed E-state index contributed by atoms with van der Waals surface area (Å²) in [5.74, 6) is 0.338. The van der Waals surface area contributed by atoms with Gasteiger partial charge in [0.25, 0.3) is 0 Å². The van der Waals surface area contributed by atoms with Crippen LogP contribution in [-0.4, -0.2) is 4.57 Å². The number of allylic oxidation sites excluding steroid dienone is 4. The van der Waals surface area contributed by atoms with Gasteiger partial charge in [-0.05, 0) is 41.2 Å². The van der Waals surface area contributed by atoms with Crippen molar-refractivity contribution in [2.75, 3.05) is 0 Å². The Morgan fingerprint density at radius 1 is 0.833 bits per heavy atom. The maximum absolute atomic E-state index is 2.47. The Morgan fingerprint density at radius 3 is 2.37 bits per heavy atom. The molecule has 0 amide bonds. The number of hydrogen-bond acceptors (Lipinski definition) is 0. The third-order valence-electron chi connectivity index (χ3n) is 7.06. The minimum Gasteiger partial charge on any atom is -0.309 e. The van der Waals surface area contributed by atoms with Crippen LogP contribution >= 0.6 is 0 Å². The quantitative estimate of drug-likeness (QED) is 0.340. The Bertz CT molecular complexity index is 1330. The number of nitrogens with zero attached hydrogens (tertiary/aromatic N) is 1. The highest BCUT2D eigenvalue weighted by molar-refractivity contribution is 5.98. The van der Waals surface area contributed by atoms with E-state index in [1.807, 2.05) is 0 Å². The van der Waals surface area contributed by atoms with Crippen LogP contribution in [0.15, 0.2) is 103 Å². The zero-order valence-corrected chi connectivity index (χ0v) is 17.5. The molecule has 0 saturated carbocycles. The molecule has 0 N–H and O–H groups in total. The predicted octanol–water partition coefficient (Wildman–Crippen LogP) is 7.66. The van der Waals surface area contributed by atoms with Crippen LogP contribution in [0, 0.1) is 5.41 Å². The summed E-state index contributed by atoms with van der Waals surface area (Å²) in [6, 6.07) is 28.7. The molecule has 1 heterocycles. The van der Waals surface area contributed by atoms with Gasteiger partial charge in [-0.15, -0.1) is 0 Å². The molecule has 0 saturated heterocycles. The molecule has 0 spiro atoms. The zero-order valence-electron chi connectivity index (χ0n) is 17.5. The van der Waals surface area contributed by atoms with Gasteiger partial charge in [-0.25, -0.2) is 0 Å². The van der Waals surface area contributed by atoms with Gasteiger partial charge in [0.1, 0.15) is 0 Å². The van der Waals surface area contributed by atoms with Gasteiger partial charge in [0, 0.05) is 22.6 Å². The van der Waals surface area contributed by atoms with Crippen molar-refractivity contribution in [3.8, 4) is 16.9 Å². The second kappa shape index (κ2) is 6.34. The van der Waals surface area contributed by atoms with Crippen molar-refractivity contribution in [2.24, 2.45) is 5.41 Å². The predicted molar refractivity (Wildman–Crippen MR) is 126 cm³/mol. The van der Waals surface area contributed by atoms with Crippen molar-refractivity contribution in [3.63, 3.8) is 0 Å². The van der Waals surface area contributed by atoms with E-state index in [4.69, 9.17) is 0 Å². The number of benzene rings is 3. The van der Waals surface area contributed by atoms with Gasteiger partial charge in [0.2, 0.25) is 0 Å². The zero-order chi connectivity index (χ0) is 20.3. The molecule has 0 bridgehead atoms. The van der Waals surface area contributed by atoms with Crippen LogP contribution < -0.4 is 0 Å². The van der Waals surface area contributed by atoms with Gasteiger partial charge in [-0.1, -0.05) is 98.3 Å². The van der Waals surface area contributed by atoms with Crippen molar-refractivity contribution >= 4 is 10.9 Å². The van der Waals surface area contributed by atoms with Crippen molar-refractivity contribution in [1.82, 2.24) is 4.57 Å². The van der Waals surface area contributed by atoms with Crippen LogP contribution in [0.4, 0.5) is 0 Å². The van der Waals surface area contributed by atoms with Crippen molar-refractivity contribution in [3.05, 3.63) is 114 Å². The van der Waals surface area contributed by atoms with Crippen LogP contribution in [0.1, 0.15) is 37.3 Å². The Labute approximate surface area is 178 Å². The highest BCUT2D eigenvalue weighted by Gasteiger charge is 2.44. The lowest BCUT2D eigenvalue weighted by molar-refractivity contribution is 0.390. The molecule has 1 heteroatoms. The fraction of sp³-hybridized carbons (Fsp3) is 0.172. The van der Waals surface area contributed by atoms with Crippen molar-refractivity contribution < 1.29 is 0 Å². The number of para-hydroxylation sites is 2. The molecule has 0 aliphatic heterocycles. The lowest BCUT2D eigenvalue weighted by atomic mass is 9.68. The SMILES string of the molecule is CC(C)(C1=CC=CC1)C1c2ccccc2-c2c1c1ccccc1n2-c1ccccc1. The molecular formula is C29H25N. The normalized spacial score (nSPS) is 17.3. The summed E-state index contributed by atoms with van der Waals surface area (Å²) in [4.78, 5) is 0. The van der Waals surface area contributed by atoms with Crippen LogP contribution in [0.25, 0.3) is 27.8 Å². The molecule has 3 aromatic carbocycles. The van der Waals surface area contributed by atoms with Crippen molar-refractivity contribution in [1.29, 1.82) is 0 Å². The first kappa shape index (κ1) is 17.5. The molecule has 146 valence electrons. The Kier molecular flexibility index (Phi) is 3.70. The number of fused-ring (bicyclic) bond motifs is 5. The van der Waals surface area contributed by atoms with Gasteiger partial charge >= 0.3 is 0 Å². The van der Waals surface area contributed by atoms with E-state index in [1.165, 1.54) is 44.5 Å². The van der Waals surface area contributed by atoms with E-state index in [9.17, 15) is 0 Å². The smallest absolute Gasteiger partial charge is 0.0582 e. The summed E-state index contributed by atoms with van der Waals surface area (Å²) in [6.45, 7) is 4.86. The molecular weight excluding hydrogens is 362 g/mol. The summed E-state index contributed by atoms with van der Waals surface area (Å²) in [6.07, 6.45) is 7.88. The summed E-state index contributed by atoms with van der Waals surface area (Å²) < 4.78 is 2.47. The van der Waals surface area contributed by atoms with E-state index >= 15 is 0 Å². The molecule has 30 heavy (non-hydrogen) atoms. The van der Waals surface area contributed by atoms with E-state index in [0.29, 0.717) is 5.92 Å². The van der Waals surface area contributed by atoms with Crippen LogP contribution in [0.5, 0.6) is 0 Å². The Balaban J connectivity index is 1.73. The molecule has 4 aromatic rings. The van der Waals surface area contributed by atoms with E-state index < -0.39 is 0 Å². The molecule has 2 aliphatic carbocycles. The highest BCUT2D eigenvalue weighted by atomic mass is 15.0. The first-order chi connectivity index (χ1) is 14.7. The average molecular weight is 388 g/mol. The second-order valence-corrected chi connectivity index (χ2v) is 9.02. The third-order valence-corrected chi connectivity index (χ3v) is 7.06. The fourth-order valence-electron chi connectivity index (χ4n) is 5.65. The maximum Gasteiger partial charge on any atom is 0.0582 e. The van der Waals surface area contributed by atoms with E-state index in [-0.39, 0.29) is 5.41 Å². The monoisotopic (exact) mass is 387 g/mol. The van der Waals surface area contributed by atoms with E-state index in [0.717, 1.165) is 6.42 Å². The van der Waals surface area contributed by atoms with Crippen LogP contribution in [0.3, 0.4) is 0 Å². The molecule has 2 aliphatic rings. The molecule has 1 unspecified atom stereocenters. The summed E-state index contributed by atoms with van der Waals surface area (Å²) in [5.41, 5.74) is 9.75. The fourth-order valence-corrected chi connectivity index (χ4v) is 5.65. The molecule has 1 nitrogen and oxygen atoms in total. The summed E-state index contributed by atoms with van der Waals surface area (Å²) >= 11 is 0. The van der Waals surface area contributed by atoms with Crippen molar-refractivity contribution in [2.45, 2.75) is 26.2 Å². The van der Waals surface area contributed by atoms with Gasteiger partial charge in [-0.3, -0.25) is 0 Å². The second-order valence-electron chi connectivity index (χ2n) is 9.02. The lowest BCUT2D eigenvalue weighted by Crippen LogP contribution is -2.23.